The molecule has 2 saturated heterocycles. The van der Waals surface area contributed by atoms with Gasteiger partial charge in [-0.2, -0.15) is 10.1 Å². The van der Waals surface area contributed by atoms with Gasteiger partial charge in [0, 0.05) is 69.8 Å². The second kappa shape index (κ2) is 9.21. The molecule has 2 fully saturated rings. The first-order valence-electron chi connectivity index (χ1n) is 13.9. The number of aryl methyl sites for hydroxylation is 1. The monoisotopic (exact) mass is 566 g/mol. The first-order valence-corrected chi connectivity index (χ1v) is 18.0. The molecule has 8 nitrogen and oxygen atoms in total. The number of fused-ring (bicyclic) bond motifs is 4. The largest absolute Gasteiger partial charge is 0.361 e. The second-order valence-electron chi connectivity index (χ2n) is 13.3. The summed E-state index contributed by atoms with van der Waals surface area (Å²) in [5.41, 5.74) is 3.20. The molecule has 0 unspecified atom stereocenters. The van der Waals surface area contributed by atoms with E-state index in [1.165, 1.54) is 0 Å². The topological polar surface area (TPSA) is 70.1 Å². The maximum Gasteiger partial charge on any atom is 0.264 e. The summed E-state index contributed by atoms with van der Waals surface area (Å²) in [5, 5.41) is 6.52. The standard InChI is InChI=1S/C29H39ClN6O2Si/c1-29(2)14-18-8-11-23(29)36(18)28-31-26-24(27(37)34(28)4)20(16-35(26)17-38-12-13-39(5,6)7)19-9-10-22-21(25(19)30)15-33(3)32-22/h9-10,15-16,18,23H,8,11-14,17H2,1-7H3/t18-,23+/m0/s1. The summed E-state index contributed by atoms with van der Waals surface area (Å²) in [5.74, 6) is 0.757. The van der Waals surface area contributed by atoms with Crippen LogP contribution in [0.15, 0.2) is 29.3 Å². The molecule has 0 amide bonds. The van der Waals surface area contributed by atoms with Crippen LogP contribution in [0.3, 0.4) is 0 Å². The zero-order chi connectivity index (χ0) is 27.9. The lowest BCUT2D eigenvalue weighted by atomic mass is 9.77. The van der Waals surface area contributed by atoms with Crippen molar-refractivity contribution in [2.75, 3.05) is 11.5 Å². The molecule has 5 heterocycles. The van der Waals surface area contributed by atoms with Crippen LogP contribution in [-0.2, 0) is 25.6 Å². The number of ether oxygens (including phenoxy) is 1. The zero-order valence-electron chi connectivity index (χ0n) is 24.1. The molecule has 0 spiro atoms. The molecule has 4 aromatic rings. The van der Waals surface area contributed by atoms with Crippen molar-refractivity contribution in [3.05, 3.63) is 39.9 Å². The quantitative estimate of drug-likeness (QED) is 0.202. The second-order valence-corrected chi connectivity index (χ2v) is 19.3. The van der Waals surface area contributed by atoms with Gasteiger partial charge >= 0.3 is 0 Å². The molecule has 0 N–H and O–H groups in total. The maximum absolute atomic E-state index is 14.1. The number of anilines is 1. The van der Waals surface area contributed by atoms with Gasteiger partial charge < -0.3 is 14.2 Å². The van der Waals surface area contributed by atoms with Gasteiger partial charge in [-0.15, -0.1) is 0 Å². The van der Waals surface area contributed by atoms with Gasteiger partial charge in [-0.3, -0.25) is 14.0 Å². The average Bonchev–Trinajstić information content (AvgIpc) is 3.58. The fourth-order valence-corrected chi connectivity index (χ4v) is 7.73. The number of rotatable bonds is 7. The van der Waals surface area contributed by atoms with Crippen molar-refractivity contribution in [2.24, 2.45) is 19.5 Å². The Bertz CT molecular complexity index is 1650. The van der Waals surface area contributed by atoms with E-state index in [0.717, 1.165) is 53.3 Å². The maximum atomic E-state index is 14.1. The predicted molar refractivity (Wildman–Crippen MR) is 161 cm³/mol. The highest BCUT2D eigenvalue weighted by Crippen LogP contribution is 2.50. The average molecular weight is 567 g/mol. The van der Waals surface area contributed by atoms with E-state index in [1.54, 1.807) is 9.25 Å². The zero-order valence-corrected chi connectivity index (χ0v) is 25.8. The highest BCUT2D eigenvalue weighted by Gasteiger charge is 2.52. The minimum absolute atomic E-state index is 0.0581. The fourth-order valence-electron chi connectivity index (χ4n) is 6.66. The molecular weight excluding hydrogens is 528 g/mol. The van der Waals surface area contributed by atoms with Gasteiger partial charge in [0.15, 0.2) is 5.65 Å². The Morgan fingerprint density at radius 1 is 1.13 bits per heavy atom. The van der Waals surface area contributed by atoms with Gasteiger partial charge in [-0.25, -0.2) is 0 Å². The number of aromatic nitrogens is 5. The van der Waals surface area contributed by atoms with E-state index < -0.39 is 8.07 Å². The molecule has 1 aromatic carbocycles. The lowest BCUT2D eigenvalue weighted by Gasteiger charge is -2.31. The van der Waals surface area contributed by atoms with Crippen LogP contribution in [0.2, 0.25) is 30.7 Å². The van der Waals surface area contributed by atoms with E-state index >= 15 is 0 Å². The van der Waals surface area contributed by atoms with Crippen LogP contribution in [-0.4, -0.2) is 50.7 Å². The molecule has 3 aromatic heterocycles. The van der Waals surface area contributed by atoms with Crippen molar-refractivity contribution in [1.82, 2.24) is 23.9 Å². The Balaban J connectivity index is 1.51. The summed E-state index contributed by atoms with van der Waals surface area (Å²) in [6, 6.07) is 5.80. The molecule has 0 radical (unpaired) electrons. The molecule has 0 aliphatic carbocycles. The number of benzene rings is 1. The third kappa shape index (κ3) is 4.42. The van der Waals surface area contributed by atoms with Crippen molar-refractivity contribution in [2.45, 2.75) is 77.6 Å². The fraction of sp³-hybridized carbons (Fsp3) is 0.552. The molecule has 6 rings (SSSR count). The highest BCUT2D eigenvalue weighted by molar-refractivity contribution is 6.76. The van der Waals surface area contributed by atoms with Crippen molar-refractivity contribution in [3.8, 4) is 11.1 Å². The molecule has 208 valence electrons. The van der Waals surface area contributed by atoms with Crippen molar-refractivity contribution >= 4 is 47.6 Å². The first kappa shape index (κ1) is 26.6. The molecular formula is C29H39ClN6O2Si. The SMILES string of the molecule is Cn1cc2c(Cl)c(-c3cn(COCC[Si](C)(C)C)c4nc(N5[C@H]6CC[C@@H]5C(C)(C)C6)n(C)c(=O)c34)ccc2n1. The lowest BCUT2D eigenvalue weighted by Crippen LogP contribution is -2.38. The minimum Gasteiger partial charge on any atom is -0.361 e. The highest BCUT2D eigenvalue weighted by atomic mass is 35.5. The number of halogens is 1. The molecule has 2 aliphatic rings. The summed E-state index contributed by atoms with van der Waals surface area (Å²) in [6.07, 6.45) is 7.31. The van der Waals surface area contributed by atoms with Gasteiger partial charge in [0.2, 0.25) is 5.95 Å². The van der Waals surface area contributed by atoms with E-state index in [2.05, 4.69) is 43.5 Å². The summed E-state index contributed by atoms with van der Waals surface area (Å²) in [6.45, 7) is 12.7. The third-order valence-corrected chi connectivity index (χ3v) is 10.8. The van der Waals surface area contributed by atoms with Crippen LogP contribution in [0.4, 0.5) is 5.95 Å². The Morgan fingerprint density at radius 2 is 1.90 bits per heavy atom. The van der Waals surface area contributed by atoms with Crippen molar-refractivity contribution in [3.63, 3.8) is 0 Å². The van der Waals surface area contributed by atoms with Crippen LogP contribution in [0, 0.1) is 5.41 Å². The van der Waals surface area contributed by atoms with Crippen LogP contribution in [0.1, 0.15) is 33.1 Å². The predicted octanol–water partition coefficient (Wildman–Crippen LogP) is 6.02. The molecule has 2 bridgehead atoms. The summed E-state index contributed by atoms with van der Waals surface area (Å²) in [7, 11) is 2.51. The Morgan fingerprint density at radius 3 is 2.56 bits per heavy atom. The summed E-state index contributed by atoms with van der Waals surface area (Å²) in [4.78, 5) is 21.8. The molecule has 10 heteroatoms. The third-order valence-electron chi connectivity index (χ3n) is 8.73. The first-order chi connectivity index (χ1) is 18.4. The van der Waals surface area contributed by atoms with Gasteiger partial charge in [0.1, 0.15) is 6.73 Å². The normalized spacial score (nSPS) is 20.7. The summed E-state index contributed by atoms with van der Waals surface area (Å²) < 4.78 is 11.7. The van der Waals surface area contributed by atoms with Crippen LogP contribution >= 0.6 is 11.6 Å². The number of hydrogen-bond acceptors (Lipinski definition) is 5. The number of hydrogen-bond donors (Lipinski definition) is 0. The lowest BCUT2D eigenvalue weighted by molar-refractivity contribution is 0.0899. The molecule has 39 heavy (non-hydrogen) atoms. The van der Waals surface area contributed by atoms with E-state index in [1.807, 2.05) is 43.2 Å². The van der Waals surface area contributed by atoms with Crippen molar-refractivity contribution in [1.29, 1.82) is 0 Å². The minimum atomic E-state index is -1.23. The van der Waals surface area contributed by atoms with Crippen molar-refractivity contribution < 1.29 is 4.74 Å². The van der Waals surface area contributed by atoms with Gasteiger partial charge in [-0.05, 0) is 36.8 Å². The van der Waals surface area contributed by atoms with Gasteiger partial charge in [-0.1, -0.05) is 51.2 Å². The molecule has 2 atom stereocenters. The van der Waals surface area contributed by atoms with Crippen LogP contribution in [0.5, 0.6) is 0 Å². The summed E-state index contributed by atoms with van der Waals surface area (Å²) >= 11 is 6.95. The van der Waals surface area contributed by atoms with E-state index in [9.17, 15) is 4.79 Å². The molecule has 2 aliphatic heterocycles. The Kier molecular flexibility index (Phi) is 6.28. The van der Waals surface area contributed by atoms with Gasteiger partial charge in [0.05, 0.1) is 15.9 Å². The Hall–Kier alpha value is -2.62. The van der Waals surface area contributed by atoms with E-state index in [-0.39, 0.29) is 11.0 Å². The van der Waals surface area contributed by atoms with Gasteiger partial charge in [0.25, 0.3) is 5.56 Å². The Labute approximate surface area is 235 Å². The van der Waals surface area contributed by atoms with E-state index in [4.69, 9.17) is 21.3 Å². The number of nitrogens with zero attached hydrogens (tertiary/aromatic N) is 6. The van der Waals surface area contributed by atoms with Crippen LogP contribution < -0.4 is 10.5 Å². The smallest absolute Gasteiger partial charge is 0.264 e. The van der Waals surface area contributed by atoms with Crippen LogP contribution in [0.25, 0.3) is 33.1 Å². The molecule has 0 saturated carbocycles. The van der Waals surface area contributed by atoms with E-state index in [0.29, 0.717) is 41.5 Å².